The van der Waals surface area contributed by atoms with E-state index >= 15 is 0 Å². The molecule has 2 aromatic rings. The Morgan fingerprint density at radius 1 is 1.00 bits per heavy atom. The van der Waals surface area contributed by atoms with Gasteiger partial charge in [-0.2, -0.15) is 0 Å². The normalized spacial score (nSPS) is 11.1. The van der Waals surface area contributed by atoms with E-state index in [9.17, 15) is 4.79 Å². The van der Waals surface area contributed by atoms with Crippen molar-refractivity contribution in [2.45, 2.75) is 39.5 Å². The van der Waals surface area contributed by atoms with Gasteiger partial charge in [0.2, 0.25) is 0 Å². The maximum atomic E-state index is 12.0. The molecule has 1 amide bonds. The SMILES string of the molecule is CCc1ccc(OCC(=O)Nc2ccc(C(C)(C)C)cc2)cc1. The maximum absolute atomic E-state index is 12.0. The molecule has 0 bridgehead atoms. The number of anilines is 1. The molecular formula is C20H25NO2. The monoisotopic (exact) mass is 311 g/mol. The number of carbonyl (C=O) groups excluding carboxylic acids is 1. The number of ether oxygens (including phenoxy) is 1. The molecule has 0 atom stereocenters. The van der Waals surface area contributed by atoms with Crippen LogP contribution >= 0.6 is 0 Å². The number of benzene rings is 2. The minimum absolute atomic E-state index is 0.00644. The fraction of sp³-hybridized carbons (Fsp3) is 0.350. The van der Waals surface area contributed by atoms with E-state index in [1.807, 2.05) is 48.5 Å². The summed E-state index contributed by atoms with van der Waals surface area (Å²) in [6.07, 6.45) is 0.991. The smallest absolute Gasteiger partial charge is 0.262 e. The molecule has 3 heteroatoms. The molecule has 122 valence electrons. The Bertz CT molecular complexity index is 637. The highest BCUT2D eigenvalue weighted by Crippen LogP contribution is 2.23. The Kier molecular flexibility index (Phi) is 5.43. The van der Waals surface area contributed by atoms with Gasteiger partial charge in [0.05, 0.1) is 0 Å². The number of nitrogens with one attached hydrogen (secondary N) is 1. The lowest BCUT2D eigenvalue weighted by atomic mass is 9.87. The zero-order valence-electron chi connectivity index (χ0n) is 14.3. The minimum atomic E-state index is -0.159. The van der Waals surface area contributed by atoms with Crippen LogP contribution in [-0.2, 0) is 16.6 Å². The third kappa shape index (κ3) is 5.13. The van der Waals surface area contributed by atoms with E-state index in [0.29, 0.717) is 5.75 Å². The number of carbonyl (C=O) groups is 1. The molecule has 0 saturated heterocycles. The summed E-state index contributed by atoms with van der Waals surface area (Å²) in [6, 6.07) is 15.7. The van der Waals surface area contributed by atoms with Crippen LogP contribution in [-0.4, -0.2) is 12.5 Å². The molecule has 0 fully saturated rings. The molecule has 0 radical (unpaired) electrons. The van der Waals surface area contributed by atoms with Crippen LogP contribution < -0.4 is 10.1 Å². The topological polar surface area (TPSA) is 38.3 Å². The molecule has 2 aromatic carbocycles. The van der Waals surface area contributed by atoms with Crippen molar-refractivity contribution in [3.63, 3.8) is 0 Å². The molecule has 0 unspecified atom stereocenters. The van der Waals surface area contributed by atoms with E-state index in [0.717, 1.165) is 12.1 Å². The first-order valence-corrected chi connectivity index (χ1v) is 8.00. The first-order chi connectivity index (χ1) is 10.9. The molecule has 0 aliphatic heterocycles. The summed E-state index contributed by atoms with van der Waals surface area (Å²) in [5.41, 5.74) is 3.38. The molecule has 23 heavy (non-hydrogen) atoms. The second-order valence-corrected chi connectivity index (χ2v) is 6.66. The zero-order chi connectivity index (χ0) is 16.9. The molecule has 0 spiro atoms. The highest BCUT2D eigenvalue weighted by Gasteiger charge is 2.13. The summed E-state index contributed by atoms with van der Waals surface area (Å²) >= 11 is 0. The number of amides is 1. The molecule has 0 saturated carbocycles. The Labute approximate surface area is 138 Å². The van der Waals surface area contributed by atoms with Crippen molar-refractivity contribution in [1.29, 1.82) is 0 Å². The molecule has 1 N–H and O–H groups in total. The standard InChI is InChI=1S/C20H25NO2/c1-5-15-6-12-18(13-7-15)23-14-19(22)21-17-10-8-16(9-11-17)20(2,3)4/h6-13H,5,14H2,1-4H3,(H,21,22). The van der Waals surface area contributed by atoms with E-state index in [4.69, 9.17) is 4.74 Å². The van der Waals surface area contributed by atoms with Crippen molar-refractivity contribution in [3.8, 4) is 5.75 Å². The van der Waals surface area contributed by atoms with Gasteiger partial charge >= 0.3 is 0 Å². The van der Waals surface area contributed by atoms with Gasteiger partial charge in [-0.05, 0) is 47.2 Å². The largest absolute Gasteiger partial charge is 0.484 e. The first-order valence-electron chi connectivity index (χ1n) is 8.00. The van der Waals surface area contributed by atoms with E-state index in [1.165, 1.54) is 11.1 Å². The van der Waals surface area contributed by atoms with Crippen molar-refractivity contribution in [3.05, 3.63) is 59.7 Å². The van der Waals surface area contributed by atoms with Crippen LogP contribution in [0.25, 0.3) is 0 Å². The predicted molar refractivity (Wildman–Crippen MR) is 95.1 cm³/mol. The number of hydrogen-bond acceptors (Lipinski definition) is 2. The fourth-order valence-electron chi connectivity index (χ4n) is 2.22. The van der Waals surface area contributed by atoms with E-state index in [1.54, 1.807) is 0 Å². The lowest BCUT2D eigenvalue weighted by Crippen LogP contribution is -2.20. The predicted octanol–water partition coefficient (Wildman–Crippen LogP) is 4.56. The van der Waals surface area contributed by atoms with Gasteiger partial charge in [-0.15, -0.1) is 0 Å². The van der Waals surface area contributed by atoms with Crippen molar-refractivity contribution >= 4 is 11.6 Å². The molecule has 3 nitrogen and oxygen atoms in total. The third-order valence-electron chi connectivity index (χ3n) is 3.74. The van der Waals surface area contributed by atoms with Crippen molar-refractivity contribution < 1.29 is 9.53 Å². The third-order valence-corrected chi connectivity index (χ3v) is 3.74. The second kappa shape index (κ2) is 7.32. The Balaban J connectivity index is 1.86. The van der Waals surface area contributed by atoms with E-state index in [2.05, 4.69) is 33.0 Å². The molecule has 0 aliphatic carbocycles. The lowest BCUT2D eigenvalue weighted by molar-refractivity contribution is -0.118. The molecule has 0 aromatic heterocycles. The average molecular weight is 311 g/mol. The first kappa shape index (κ1) is 17.1. The highest BCUT2D eigenvalue weighted by molar-refractivity contribution is 5.91. The minimum Gasteiger partial charge on any atom is -0.484 e. The highest BCUT2D eigenvalue weighted by atomic mass is 16.5. The van der Waals surface area contributed by atoms with Crippen LogP contribution in [0.2, 0.25) is 0 Å². The van der Waals surface area contributed by atoms with Crippen LogP contribution in [0.4, 0.5) is 5.69 Å². The quantitative estimate of drug-likeness (QED) is 0.879. The number of hydrogen-bond donors (Lipinski definition) is 1. The molecule has 0 heterocycles. The van der Waals surface area contributed by atoms with Crippen LogP contribution in [0, 0.1) is 0 Å². The summed E-state index contributed by atoms with van der Waals surface area (Å²) in [5.74, 6) is 0.550. The van der Waals surface area contributed by atoms with Gasteiger partial charge in [0, 0.05) is 5.69 Å². The van der Waals surface area contributed by atoms with Crippen molar-refractivity contribution in [2.24, 2.45) is 0 Å². The summed E-state index contributed by atoms with van der Waals surface area (Å²) < 4.78 is 5.51. The van der Waals surface area contributed by atoms with Crippen LogP contribution in [0.15, 0.2) is 48.5 Å². The Morgan fingerprint density at radius 3 is 2.13 bits per heavy atom. The van der Waals surface area contributed by atoms with Gasteiger partial charge < -0.3 is 10.1 Å². The summed E-state index contributed by atoms with van der Waals surface area (Å²) in [7, 11) is 0. The zero-order valence-corrected chi connectivity index (χ0v) is 14.3. The van der Waals surface area contributed by atoms with Crippen LogP contribution in [0.5, 0.6) is 5.75 Å². The Hall–Kier alpha value is -2.29. The van der Waals surface area contributed by atoms with Gasteiger partial charge in [0.25, 0.3) is 5.91 Å². The summed E-state index contributed by atoms with van der Waals surface area (Å²) in [4.78, 5) is 12.0. The Morgan fingerprint density at radius 2 is 1.61 bits per heavy atom. The van der Waals surface area contributed by atoms with E-state index in [-0.39, 0.29) is 17.9 Å². The van der Waals surface area contributed by atoms with E-state index < -0.39 is 0 Å². The maximum Gasteiger partial charge on any atom is 0.262 e. The van der Waals surface area contributed by atoms with Gasteiger partial charge in [-0.3, -0.25) is 4.79 Å². The van der Waals surface area contributed by atoms with Gasteiger partial charge in [-0.25, -0.2) is 0 Å². The molecule has 0 aliphatic rings. The molecule has 2 rings (SSSR count). The van der Waals surface area contributed by atoms with Crippen LogP contribution in [0.3, 0.4) is 0 Å². The van der Waals surface area contributed by atoms with Gasteiger partial charge in [0.1, 0.15) is 5.75 Å². The lowest BCUT2D eigenvalue weighted by Gasteiger charge is -2.19. The van der Waals surface area contributed by atoms with Crippen LogP contribution in [0.1, 0.15) is 38.8 Å². The van der Waals surface area contributed by atoms with Gasteiger partial charge in [0.15, 0.2) is 6.61 Å². The number of aryl methyl sites for hydroxylation is 1. The summed E-state index contributed by atoms with van der Waals surface area (Å²) in [5, 5.41) is 2.85. The van der Waals surface area contributed by atoms with Gasteiger partial charge in [-0.1, -0.05) is 52.0 Å². The average Bonchev–Trinajstić information content (AvgIpc) is 2.53. The fourth-order valence-corrected chi connectivity index (χ4v) is 2.22. The molecular weight excluding hydrogens is 286 g/mol. The second-order valence-electron chi connectivity index (χ2n) is 6.66. The van der Waals surface area contributed by atoms with Crippen molar-refractivity contribution in [1.82, 2.24) is 0 Å². The van der Waals surface area contributed by atoms with Crippen molar-refractivity contribution in [2.75, 3.05) is 11.9 Å². The number of rotatable bonds is 5. The summed E-state index contributed by atoms with van der Waals surface area (Å²) in [6.45, 7) is 8.61.